The molecule has 0 spiro atoms. The van der Waals surface area contributed by atoms with E-state index >= 15 is 0 Å². The summed E-state index contributed by atoms with van der Waals surface area (Å²) >= 11 is 0. The maximum absolute atomic E-state index is 12.2. The summed E-state index contributed by atoms with van der Waals surface area (Å²) in [6, 6.07) is -0.121. The van der Waals surface area contributed by atoms with Crippen molar-refractivity contribution in [2.24, 2.45) is 0 Å². The summed E-state index contributed by atoms with van der Waals surface area (Å²) in [7, 11) is -3.68. The van der Waals surface area contributed by atoms with Gasteiger partial charge in [0.05, 0.1) is 6.20 Å². The Labute approximate surface area is 110 Å². The second kappa shape index (κ2) is 5.93. The molecule has 0 saturated carbocycles. The molecule has 6 nitrogen and oxygen atoms in total. The molecule has 19 heavy (non-hydrogen) atoms. The van der Waals surface area contributed by atoms with Crippen LogP contribution in [-0.4, -0.2) is 43.8 Å². The van der Waals surface area contributed by atoms with Crippen LogP contribution in [-0.2, 0) is 16.6 Å². The van der Waals surface area contributed by atoms with Crippen molar-refractivity contribution in [3.63, 3.8) is 0 Å². The van der Waals surface area contributed by atoms with E-state index in [1.165, 1.54) is 0 Å². The Balaban J connectivity index is 2.04. The minimum absolute atomic E-state index is 0.0771. The van der Waals surface area contributed by atoms with Crippen LogP contribution in [0.4, 0.5) is 8.78 Å². The second-order valence-electron chi connectivity index (χ2n) is 4.43. The Kier molecular flexibility index (Phi) is 4.48. The van der Waals surface area contributed by atoms with E-state index in [1.54, 1.807) is 0 Å². The highest BCUT2D eigenvalue weighted by molar-refractivity contribution is 7.89. The first-order valence-electron chi connectivity index (χ1n) is 6.01. The molecule has 1 fully saturated rings. The van der Waals surface area contributed by atoms with Gasteiger partial charge in [-0.1, -0.05) is 0 Å². The van der Waals surface area contributed by atoms with E-state index in [0.717, 1.165) is 30.2 Å². The fraction of sp³-hybridized carbons (Fsp3) is 0.700. The number of nitrogens with zero attached hydrogens (tertiary/aromatic N) is 2. The molecule has 0 amide bonds. The summed E-state index contributed by atoms with van der Waals surface area (Å²) in [5, 5.41) is 6.75. The van der Waals surface area contributed by atoms with Crippen LogP contribution < -0.4 is 10.0 Å². The molecule has 108 valence electrons. The number of hydrogen-bond acceptors (Lipinski definition) is 4. The zero-order valence-corrected chi connectivity index (χ0v) is 11.0. The van der Waals surface area contributed by atoms with Gasteiger partial charge in [-0.25, -0.2) is 21.9 Å². The zero-order valence-electron chi connectivity index (χ0n) is 10.2. The van der Waals surface area contributed by atoms with Crippen LogP contribution in [0, 0.1) is 0 Å². The molecule has 1 aliphatic heterocycles. The fourth-order valence-corrected chi connectivity index (χ4v) is 3.21. The number of sulfonamides is 1. The first-order chi connectivity index (χ1) is 8.97. The molecule has 1 aromatic rings. The van der Waals surface area contributed by atoms with Gasteiger partial charge in [0.25, 0.3) is 6.43 Å². The summed E-state index contributed by atoms with van der Waals surface area (Å²) in [6.45, 7) is 0.915. The summed E-state index contributed by atoms with van der Waals surface area (Å²) in [6.07, 6.45) is 1.07. The highest BCUT2D eigenvalue weighted by Crippen LogP contribution is 2.12. The van der Waals surface area contributed by atoms with Crippen molar-refractivity contribution in [3.8, 4) is 0 Å². The average Bonchev–Trinajstić information content (AvgIpc) is 2.78. The number of hydrogen-bond donors (Lipinski definition) is 2. The van der Waals surface area contributed by atoms with Gasteiger partial charge in [0, 0.05) is 12.2 Å². The maximum atomic E-state index is 12.2. The van der Waals surface area contributed by atoms with Gasteiger partial charge >= 0.3 is 0 Å². The van der Waals surface area contributed by atoms with E-state index in [-0.39, 0.29) is 10.9 Å². The van der Waals surface area contributed by atoms with Gasteiger partial charge in [-0.2, -0.15) is 5.10 Å². The molecule has 1 aliphatic rings. The zero-order chi connectivity index (χ0) is 13.9. The molecule has 0 unspecified atom stereocenters. The van der Waals surface area contributed by atoms with Gasteiger partial charge in [-0.15, -0.1) is 0 Å². The molecule has 0 aromatic carbocycles. The van der Waals surface area contributed by atoms with E-state index in [1.807, 2.05) is 0 Å². The highest BCUT2D eigenvalue weighted by atomic mass is 32.2. The average molecular weight is 294 g/mol. The second-order valence-corrected chi connectivity index (χ2v) is 6.15. The van der Waals surface area contributed by atoms with E-state index < -0.39 is 23.0 Å². The van der Waals surface area contributed by atoms with Crippen LogP contribution in [0.1, 0.15) is 12.8 Å². The van der Waals surface area contributed by atoms with Crippen molar-refractivity contribution in [1.29, 1.82) is 0 Å². The molecule has 2 heterocycles. The molecule has 9 heteroatoms. The molecule has 1 aromatic heterocycles. The van der Waals surface area contributed by atoms with Gasteiger partial charge < -0.3 is 5.32 Å². The summed E-state index contributed by atoms with van der Waals surface area (Å²) in [5.74, 6) is 0. The molecule has 0 atom stereocenters. The molecule has 2 rings (SSSR count). The van der Waals surface area contributed by atoms with Gasteiger partial charge in [-0.05, 0) is 25.9 Å². The van der Waals surface area contributed by atoms with Crippen molar-refractivity contribution >= 4 is 10.0 Å². The van der Waals surface area contributed by atoms with Crippen LogP contribution in [0.3, 0.4) is 0 Å². The summed E-state index contributed by atoms with van der Waals surface area (Å²) in [5.41, 5.74) is 0. The number of aromatic nitrogens is 2. The third kappa shape index (κ3) is 3.95. The topological polar surface area (TPSA) is 76.0 Å². The minimum atomic E-state index is -3.68. The molecular weight excluding hydrogens is 278 g/mol. The highest BCUT2D eigenvalue weighted by Gasteiger charge is 2.23. The van der Waals surface area contributed by atoms with Gasteiger partial charge in [0.2, 0.25) is 10.0 Å². The quantitative estimate of drug-likeness (QED) is 0.812. The molecular formula is C10H16F2N4O2S. The monoisotopic (exact) mass is 294 g/mol. The first kappa shape index (κ1) is 14.4. The molecule has 0 radical (unpaired) electrons. The molecule has 0 bridgehead atoms. The van der Waals surface area contributed by atoms with Crippen LogP contribution in [0.25, 0.3) is 0 Å². The van der Waals surface area contributed by atoms with Gasteiger partial charge in [0.15, 0.2) is 0 Å². The van der Waals surface area contributed by atoms with Crippen molar-refractivity contribution in [3.05, 3.63) is 12.4 Å². The predicted molar refractivity (Wildman–Crippen MR) is 64.4 cm³/mol. The Morgan fingerprint density at radius 3 is 2.79 bits per heavy atom. The number of piperidine rings is 1. The van der Waals surface area contributed by atoms with Gasteiger partial charge in [-0.3, -0.25) is 4.68 Å². The minimum Gasteiger partial charge on any atom is -0.317 e. The Bertz CT molecular complexity index is 511. The molecule has 2 N–H and O–H groups in total. The van der Waals surface area contributed by atoms with Crippen molar-refractivity contribution in [2.75, 3.05) is 13.1 Å². The van der Waals surface area contributed by atoms with Crippen LogP contribution in [0.2, 0.25) is 0 Å². The predicted octanol–water partition coefficient (Wildman–Crippen LogP) is 0.178. The lowest BCUT2D eigenvalue weighted by atomic mass is 10.1. The smallest absolute Gasteiger partial charge is 0.257 e. The lowest BCUT2D eigenvalue weighted by molar-refractivity contribution is 0.121. The Hall–Kier alpha value is -1.06. The third-order valence-electron chi connectivity index (χ3n) is 2.91. The summed E-state index contributed by atoms with van der Waals surface area (Å²) < 4.78 is 51.9. The SMILES string of the molecule is O=S(=O)(NC1CCNCC1)c1cnn(CC(F)F)c1. The summed E-state index contributed by atoms with van der Waals surface area (Å²) in [4.78, 5) is -0.0771. The molecule has 1 saturated heterocycles. The molecule has 0 aliphatic carbocycles. The number of halogens is 2. The number of rotatable bonds is 5. The van der Waals surface area contributed by atoms with Crippen molar-refractivity contribution < 1.29 is 17.2 Å². The van der Waals surface area contributed by atoms with E-state index in [2.05, 4.69) is 15.1 Å². The third-order valence-corrected chi connectivity index (χ3v) is 4.38. The van der Waals surface area contributed by atoms with Crippen molar-refractivity contribution in [2.45, 2.75) is 36.7 Å². The standard InChI is InChI=1S/C10H16F2N4O2S/c11-10(12)7-16-6-9(5-14-16)19(17,18)15-8-1-3-13-4-2-8/h5-6,8,10,13,15H,1-4,7H2. The van der Waals surface area contributed by atoms with Gasteiger partial charge in [0.1, 0.15) is 11.4 Å². The van der Waals surface area contributed by atoms with Crippen molar-refractivity contribution in [1.82, 2.24) is 19.8 Å². The normalized spacial score (nSPS) is 18.1. The Morgan fingerprint density at radius 1 is 1.47 bits per heavy atom. The van der Waals surface area contributed by atoms with E-state index in [4.69, 9.17) is 0 Å². The van der Waals surface area contributed by atoms with Crippen LogP contribution in [0.15, 0.2) is 17.3 Å². The van der Waals surface area contributed by atoms with E-state index in [9.17, 15) is 17.2 Å². The first-order valence-corrected chi connectivity index (χ1v) is 7.49. The van der Waals surface area contributed by atoms with Crippen LogP contribution >= 0.6 is 0 Å². The lowest BCUT2D eigenvalue weighted by Crippen LogP contribution is -2.42. The van der Waals surface area contributed by atoms with Crippen LogP contribution in [0.5, 0.6) is 0 Å². The lowest BCUT2D eigenvalue weighted by Gasteiger charge is -2.23. The number of alkyl halides is 2. The Morgan fingerprint density at radius 2 is 2.16 bits per heavy atom. The fourth-order valence-electron chi connectivity index (χ4n) is 1.95. The maximum Gasteiger partial charge on any atom is 0.257 e. The largest absolute Gasteiger partial charge is 0.317 e. The van der Waals surface area contributed by atoms with E-state index in [0.29, 0.717) is 12.8 Å². The number of nitrogens with one attached hydrogen (secondary N) is 2.